The Hall–Kier alpha value is -7.47. The van der Waals surface area contributed by atoms with Crippen LogP contribution in [-0.2, 0) is 18.6 Å². The standard InChI is InChI=1S/C96H128B2O10/c1-15-21-27-33-47-99-87-59-75(53-77(61-87)79-55-81(65-89(63-79)101-49-35-29-23-17-3)83-57-85(97-105-93(7,8)94(9,10)106-97)69-91(67-83)103-51-37-31-25-19-5)73-43-39-71(40-44-73)72-41-45-74(46-42-72)76-54-78(62-88(60-76)100-48-34-28-22-16-2)80-56-82(66-90(64-80)102-50-36-30-24-18-4)84-58-86(98-107-95(11,12)96(13,14)108-98)70-92(68-84)104-52-38-32-26-20-6/h39-46,53-70H,15-38,47-52H2,1-14H3. The van der Waals surface area contributed by atoms with Gasteiger partial charge in [0.2, 0.25) is 0 Å². The molecule has 0 N–H and O–H groups in total. The lowest BCUT2D eigenvalue weighted by Crippen LogP contribution is -2.41. The predicted octanol–water partition coefficient (Wildman–Crippen LogP) is 25.7. The number of hydrogen-bond acceptors (Lipinski definition) is 10. The van der Waals surface area contributed by atoms with Crippen LogP contribution in [0.1, 0.15) is 251 Å². The van der Waals surface area contributed by atoms with E-state index in [9.17, 15) is 0 Å². The summed E-state index contributed by atoms with van der Waals surface area (Å²) in [4.78, 5) is 0. The topological polar surface area (TPSA) is 92.3 Å². The van der Waals surface area contributed by atoms with Crippen molar-refractivity contribution in [2.24, 2.45) is 0 Å². The van der Waals surface area contributed by atoms with Gasteiger partial charge in [-0.05, 0) is 280 Å². The van der Waals surface area contributed by atoms with E-state index in [1.807, 2.05) is 0 Å². The minimum atomic E-state index is -0.556. The first-order chi connectivity index (χ1) is 52.2. The van der Waals surface area contributed by atoms with Crippen LogP contribution in [0, 0.1) is 0 Å². The SMILES string of the molecule is CCCCCCOc1cc(B2OC(C)(C)C(C)(C)O2)cc(-c2cc(OCCCCCC)cc(-c3cc(OCCCCCC)cc(-c4ccc(-c5ccc(-c6cc(OCCCCCC)cc(-c7cc(OCCCCCC)cc(-c8cc(OCCCCCC)cc(B9OC(C)(C)C(C)(C)O9)c8)c7)c6)cc5)cc4)c3)c2)c1. The van der Waals surface area contributed by atoms with E-state index in [2.05, 4.69) is 255 Å². The van der Waals surface area contributed by atoms with Crippen molar-refractivity contribution >= 4 is 25.2 Å². The largest absolute Gasteiger partial charge is 0.494 e. The fourth-order valence-corrected chi connectivity index (χ4v) is 14.1. The van der Waals surface area contributed by atoms with Crippen molar-refractivity contribution in [2.75, 3.05) is 39.6 Å². The Bertz CT molecular complexity index is 3790. The summed E-state index contributed by atoms with van der Waals surface area (Å²) in [5, 5.41) is 0. The van der Waals surface area contributed by atoms with E-state index in [-0.39, 0.29) is 0 Å². The maximum Gasteiger partial charge on any atom is 0.494 e. The van der Waals surface area contributed by atoms with Crippen LogP contribution < -0.4 is 39.3 Å². The van der Waals surface area contributed by atoms with Crippen LogP contribution in [-0.4, -0.2) is 76.3 Å². The van der Waals surface area contributed by atoms with Crippen molar-refractivity contribution < 1.29 is 47.0 Å². The van der Waals surface area contributed by atoms with Gasteiger partial charge in [0.25, 0.3) is 0 Å². The van der Waals surface area contributed by atoms with Gasteiger partial charge in [0.1, 0.15) is 34.5 Å². The Morgan fingerprint density at radius 3 is 0.565 bits per heavy atom. The molecular formula is C96H128B2O10. The van der Waals surface area contributed by atoms with Crippen LogP contribution in [0.25, 0.3) is 77.9 Å². The maximum absolute atomic E-state index is 6.73. The molecule has 10 rings (SSSR count). The quantitative estimate of drug-likeness (QED) is 0.0271. The van der Waals surface area contributed by atoms with Gasteiger partial charge in [0.05, 0.1) is 62.0 Å². The summed E-state index contributed by atoms with van der Waals surface area (Å²) in [5.74, 6) is 4.95. The fraction of sp³-hybridized carbons (Fsp3) is 0.500. The highest BCUT2D eigenvalue weighted by Gasteiger charge is 2.53. The van der Waals surface area contributed by atoms with Gasteiger partial charge in [0.15, 0.2) is 0 Å². The van der Waals surface area contributed by atoms with Crippen molar-refractivity contribution in [2.45, 2.75) is 273 Å². The molecule has 2 aliphatic rings. The van der Waals surface area contributed by atoms with Crippen LogP contribution in [0.5, 0.6) is 34.5 Å². The average Bonchev–Trinajstić information content (AvgIpc) is 1.53. The van der Waals surface area contributed by atoms with Crippen molar-refractivity contribution in [1.82, 2.24) is 0 Å². The molecule has 0 aliphatic carbocycles. The molecule has 0 atom stereocenters. The lowest BCUT2D eigenvalue weighted by molar-refractivity contribution is 0.00578. The molecule has 2 aliphatic heterocycles. The molecule has 2 saturated heterocycles. The van der Waals surface area contributed by atoms with Crippen LogP contribution in [0.4, 0.5) is 0 Å². The molecule has 578 valence electrons. The van der Waals surface area contributed by atoms with Crippen molar-refractivity contribution in [1.29, 1.82) is 0 Å². The van der Waals surface area contributed by atoms with Gasteiger partial charge in [-0.25, -0.2) is 0 Å². The molecule has 2 heterocycles. The average molecular weight is 1460 g/mol. The second kappa shape index (κ2) is 40.5. The molecular weight excluding hydrogens is 1330 g/mol. The highest BCUT2D eigenvalue weighted by atomic mass is 16.7. The molecule has 0 aromatic heterocycles. The molecule has 0 bridgehead atoms. The summed E-state index contributed by atoms with van der Waals surface area (Å²) in [6.45, 7) is 34.2. The Kier molecular flexibility index (Phi) is 31.1. The Morgan fingerprint density at radius 1 is 0.204 bits per heavy atom. The molecule has 2 fully saturated rings. The molecule has 0 spiro atoms. The van der Waals surface area contributed by atoms with E-state index in [0.717, 1.165) is 200 Å². The first-order valence-corrected chi connectivity index (χ1v) is 41.8. The van der Waals surface area contributed by atoms with Gasteiger partial charge in [-0.15, -0.1) is 0 Å². The van der Waals surface area contributed by atoms with Gasteiger partial charge in [0, 0.05) is 0 Å². The van der Waals surface area contributed by atoms with Crippen molar-refractivity contribution in [3.05, 3.63) is 158 Å². The number of ether oxygens (including phenoxy) is 6. The molecule has 8 aromatic rings. The summed E-state index contributed by atoms with van der Waals surface area (Å²) < 4.78 is 66.9. The van der Waals surface area contributed by atoms with Gasteiger partial charge in [-0.2, -0.15) is 0 Å². The Balaban J connectivity index is 0.988. The second-order valence-corrected chi connectivity index (χ2v) is 32.4. The summed E-state index contributed by atoms with van der Waals surface area (Å²) in [6, 6.07) is 57.8. The molecule has 10 nitrogen and oxygen atoms in total. The monoisotopic (exact) mass is 1460 g/mol. The van der Waals surface area contributed by atoms with Crippen LogP contribution in [0.2, 0.25) is 0 Å². The molecule has 0 saturated carbocycles. The minimum Gasteiger partial charge on any atom is -0.494 e. The van der Waals surface area contributed by atoms with E-state index < -0.39 is 36.6 Å². The first-order valence-electron chi connectivity index (χ1n) is 41.8. The van der Waals surface area contributed by atoms with E-state index in [1.54, 1.807) is 0 Å². The van der Waals surface area contributed by atoms with E-state index in [1.165, 1.54) is 77.0 Å². The third-order valence-electron chi connectivity index (χ3n) is 22.2. The number of rotatable bonds is 45. The Morgan fingerprint density at radius 2 is 0.370 bits per heavy atom. The molecule has 0 unspecified atom stereocenters. The van der Waals surface area contributed by atoms with Crippen LogP contribution >= 0.6 is 0 Å². The van der Waals surface area contributed by atoms with Crippen LogP contribution in [0.3, 0.4) is 0 Å². The summed E-state index contributed by atoms with van der Waals surface area (Å²) >= 11 is 0. The summed E-state index contributed by atoms with van der Waals surface area (Å²) in [5.41, 5.74) is 14.7. The second-order valence-electron chi connectivity index (χ2n) is 32.4. The molecule has 12 heteroatoms. The number of hydrogen-bond donors (Lipinski definition) is 0. The lowest BCUT2D eigenvalue weighted by Gasteiger charge is -2.32. The third-order valence-corrected chi connectivity index (χ3v) is 22.2. The Labute approximate surface area is 651 Å². The smallest absolute Gasteiger partial charge is 0.494 e. The zero-order chi connectivity index (χ0) is 76.5. The van der Waals surface area contributed by atoms with Crippen LogP contribution in [0.15, 0.2) is 158 Å². The summed E-state index contributed by atoms with van der Waals surface area (Å²) in [6.07, 6.45) is 26.9. The van der Waals surface area contributed by atoms with Crippen molar-refractivity contribution in [3.63, 3.8) is 0 Å². The molecule has 0 amide bonds. The van der Waals surface area contributed by atoms with Gasteiger partial charge in [-0.3, -0.25) is 0 Å². The molecule has 108 heavy (non-hydrogen) atoms. The number of unbranched alkanes of at least 4 members (excludes halogenated alkanes) is 18. The van der Waals surface area contributed by atoms with Gasteiger partial charge >= 0.3 is 14.2 Å². The molecule has 8 aromatic carbocycles. The van der Waals surface area contributed by atoms with E-state index in [4.69, 9.17) is 47.0 Å². The zero-order valence-corrected chi connectivity index (χ0v) is 68.5. The highest BCUT2D eigenvalue weighted by molar-refractivity contribution is 6.62. The molecule has 0 radical (unpaired) electrons. The fourth-order valence-electron chi connectivity index (χ4n) is 14.1. The lowest BCUT2D eigenvalue weighted by atomic mass is 9.77. The minimum absolute atomic E-state index is 0.501. The number of benzene rings is 8. The van der Waals surface area contributed by atoms with E-state index in [0.29, 0.717) is 39.6 Å². The third kappa shape index (κ3) is 23.3. The highest BCUT2D eigenvalue weighted by Crippen LogP contribution is 2.43. The maximum atomic E-state index is 6.73. The van der Waals surface area contributed by atoms with Crippen molar-refractivity contribution in [3.8, 4) is 112 Å². The van der Waals surface area contributed by atoms with E-state index >= 15 is 0 Å². The predicted molar refractivity (Wildman–Crippen MR) is 454 cm³/mol. The van der Waals surface area contributed by atoms with Gasteiger partial charge in [-0.1, -0.05) is 218 Å². The summed E-state index contributed by atoms with van der Waals surface area (Å²) in [7, 11) is -1.11. The normalized spacial score (nSPS) is 14.9. The zero-order valence-electron chi connectivity index (χ0n) is 68.5. The first kappa shape index (κ1) is 83.0. The van der Waals surface area contributed by atoms with Gasteiger partial charge < -0.3 is 47.0 Å².